The molecule has 2 nitrogen and oxygen atoms in total. The topological polar surface area (TPSA) is 40.5 Å². The van der Waals surface area contributed by atoms with Crippen LogP contribution in [-0.4, -0.2) is 10.2 Å². The van der Waals surface area contributed by atoms with Crippen LogP contribution in [0.4, 0.5) is 13.2 Å². The van der Waals surface area contributed by atoms with Crippen LogP contribution < -0.4 is 0 Å². The number of halogens is 3. The Kier molecular flexibility index (Phi) is 2.59. The number of benzene rings is 1. The number of alkyl halides is 3. The first-order valence-corrected chi connectivity index (χ1v) is 3.99. The van der Waals surface area contributed by atoms with E-state index in [1.165, 1.54) is 6.92 Å². The zero-order valence-corrected chi connectivity index (χ0v) is 7.39. The van der Waals surface area contributed by atoms with Crippen LogP contribution in [0.2, 0.25) is 0 Å². The number of hydrogen-bond donors (Lipinski definition) is 2. The summed E-state index contributed by atoms with van der Waals surface area (Å²) in [6.07, 6.45) is -4.49. The largest absolute Gasteiger partial charge is 0.504 e. The average Bonchev–Trinajstić information content (AvgIpc) is 2.07. The maximum atomic E-state index is 12.4. The van der Waals surface area contributed by atoms with Crippen LogP contribution in [0.3, 0.4) is 0 Å². The second-order valence-electron chi connectivity index (χ2n) is 2.81. The van der Waals surface area contributed by atoms with Gasteiger partial charge < -0.3 is 10.2 Å². The molecule has 0 bridgehead atoms. The second-order valence-corrected chi connectivity index (χ2v) is 2.81. The van der Waals surface area contributed by atoms with Gasteiger partial charge in [-0.25, -0.2) is 0 Å². The van der Waals surface area contributed by atoms with Crippen molar-refractivity contribution < 1.29 is 23.4 Å². The minimum atomic E-state index is -4.50. The van der Waals surface area contributed by atoms with Crippen LogP contribution in [0.1, 0.15) is 18.1 Å². The molecule has 0 aliphatic heterocycles. The van der Waals surface area contributed by atoms with Crippen LogP contribution in [0, 0.1) is 0 Å². The molecule has 14 heavy (non-hydrogen) atoms. The SMILES string of the molecule is CCc1c(C(F)(F)F)ccc(O)c1O. The first kappa shape index (κ1) is 10.7. The Hall–Kier alpha value is -1.39. The average molecular weight is 206 g/mol. The summed E-state index contributed by atoms with van der Waals surface area (Å²) in [6.45, 7) is 1.48. The lowest BCUT2D eigenvalue weighted by Gasteiger charge is -2.13. The van der Waals surface area contributed by atoms with Crippen molar-refractivity contribution in [3.8, 4) is 11.5 Å². The Balaban J connectivity index is 3.39. The van der Waals surface area contributed by atoms with E-state index in [0.29, 0.717) is 0 Å². The fourth-order valence-electron chi connectivity index (χ4n) is 1.25. The molecule has 0 fully saturated rings. The molecule has 0 saturated heterocycles. The van der Waals surface area contributed by atoms with E-state index in [0.717, 1.165) is 12.1 Å². The van der Waals surface area contributed by atoms with Crippen LogP contribution >= 0.6 is 0 Å². The van der Waals surface area contributed by atoms with Gasteiger partial charge in [-0.3, -0.25) is 0 Å². The monoisotopic (exact) mass is 206 g/mol. The second kappa shape index (κ2) is 3.40. The summed E-state index contributed by atoms with van der Waals surface area (Å²) in [4.78, 5) is 0. The summed E-state index contributed by atoms with van der Waals surface area (Å²) in [7, 11) is 0. The molecule has 0 aliphatic rings. The molecule has 78 valence electrons. The van der Waals surface area contributed by atoms with E-state index in [2.05, 4.69) is 0 Å². The van der Waals surface area contributed by atoms with Gasteiger partial charge in [-0.1, -0.05) is 6.92 Å². The smallest absolute Gasteiger partial charge is 0.416 e. The Labute approximate surface area is 78.6 Å². The van der Waals surface area contributed by atoms with Crippen LogP contribution in [0.25, 0.3) is 0 Å². The molecule has 5 heteroatoms. The lowest BCUT2D eigenvalue weighted by atomic mass is 10.0. The summed E-state index contributed by atoms with van der Waals surface area (Å²) in [6, 6.07) is 1.59. The molecule has 1 rings (SSSR count). The molecule has 0 unspecified atom stereocenters. The molecular weight excluding hydrogens is 197 g/mol. The highest BCUT2D eigenvalue weighted by atomic mass is 19.4. The van der Waals surface area contributed by atoms with Gasteiger partial charge in [0.2, 0.25) is 0 Å². The van der Waals surface area contributed by atoms with Crippen molar-refractivity contribution >= 4 is 0 Å². The van der Waals surface area contributed by atoms with E-state index in [4.69, 9.17) is 5.11 Å². The molecule has 1 aromatic rings. The standard InChI is InChI=1S/C9H9F3O2/c1-2-5-6(9(10,11)12)3-4-7(13)8(5)14/h3-4,13-14H,2H2,1H3. The fraction of sp³-hybridized carbons (Fsp3) is 0.333. The molecule has 0 atom stereocenters. The van der Waals surface area contributed by atoms with Crippen molar-refractivity contribution in [1.29, 1.82) is 0 Å². The summed E-state index contributed by atoms with van der Waals surface area (Å²) in [5, 5.41) is 18.2. The zero-order chi connectivity index (χ0) is 10.9. The minimum absolute atomic E-state index is 0.00900. The minimum Gasteiger partial charge on any atom is -0.504 e. The molecule has 2 N–H and O–H groups in total. The molecule has 0 saturated carbocycles. The molecule has 0 aliphatic carbocycles. The number of phenolic OH excluding ortho intramolecular Hbond substituents is 2. The lowest BCUT2D eigenvalue weighted by molar-refractivity contribution is -0.138. The van der Waals surface area contributed by atoms with Crippen molar-refractivity contribution in [2.45, 2.75) is 19.5 Å². The molecule has 1 aromatic carbocycles. The number of phenols is 2. The van der Waals surface area contributed by atoms with E-state index in [-0.39, 0.29) is 12.0 Å². The number of rotatable bonds is 1. The highest BCUT2D eigenvalue weighted by Gasteiger charge is 2.34. The highest BCUT2D eigenvalue weighted by Crippen LogP contribution is 2.39. The van der Waals surface area contributed by atoms with Crippen molar-refractivity contribution in [2.75, 3.05) is 0 Å². The summed E-state index contributed by atoms with van der Waals surface area (Å²) in [5.74, 6) is -1.22. The third kappa shape index (κ3) is 1.76. The molecule has 0 radical (unpaired) electrons. The molecular formula is C9H9F3O2. The summed E-state index contributed by atoms with van der Waals surface area (Å²) >= 11 is 0. The van der Waals surface area contributed by atoms with Gasteiger partial charge in [0.1, 0.15) is 0 Å². The Morgan fingerprint density at radius 2 is 1.79 bits per heavy atom. The third-order valence-corrected chi connectivity index (χ3v) is 1.92. The van der Waals surface area contributed by atoms with Gasteiger partial charge in [0.05, 0.1) is 5.56 Å². The van der Waals surface area contributed by atoms with Gasteiger partial charge in [0, 0.05) is 5.56 Å². The van der Waals surface area contributed by atoms with Gasteiger partial charge in [-0.05, 0) is 18.6 Å². The van der Waals surface area contributed by atoms with Gasteiger partial charge in [-0.2, -0.15) is 13.2 Å². The predicted molar refractivity (Wildman–Crippen MR) is 44.2 cm³/mol. The maximum absolute atomic E-state index is 12.4. The van der Waals surface area contributed by atoms with Crippen molar-refractivity contribution in [3.05, 3.63) is 23.3 Å². The Bertz CT molecular complexity index is 345. The van der Waals surface area contributed by atoms with E-state index < -0.39 is 23.2 Å². The predicted octanol–water partition coefficient (Wildman–Crippen LogP) is 2.68. The van der Waals surface area contributed by atoms with E-state index in [9.17, 15) is 18.3 Å². The third-order valence-electron chi connectivity index (χ3n) is 1.92. The zero-order valence-electron chi connectivity index (χ0n) is 7.39. The fourth-order valence-corrected chi connectivity index (χ4v) is 1.25. The Morgan fingerprint density at radius 3 is 2.21 bits per heavy atom. The molecule has 0 spiro atoms. The summed E-state index contributed by atoms with van der Waals surface area (Å²) in [5.41, 5.74) is -1.19. The Morgan fingerprint density at radius 1 is 1.21 bits per heavy atom. The van der Waals surface area contributed by atoms with E-state index >= 15 is 0 Å². The van der Waals surface area contributed by atoms with E-state index in [1.807, 2.05) is 0 Å². The van der Waals surface area contributed by atoms with Crippen molar-refractivity contribution in [2.24, 2.45) is 0 Å². The summed E-state index contributed by atoms with van der Waals surface area (Å²) < 4.78 is 37.1. The van der Waals surface area contributed by atoms with Crippen molar-refractivity contribution in [3.63, 3.8) is 0 Å². The van der Waals surface area contributed by atoms with E-state index in [1.54, 1.807) is 0 Å². The van der Waals surface area contributed by atoms with Crippen LogP contribution in [-0.2, 0) is 12.6 Å². The molecule has 0 amide bonds. The molecule has 0 aromatic heterocycles. The highest BCUT2D eigenvalue weighted by molar-refractivity contribution is 5.49. The number of aromatic hydroxyl groups is 2. The van der Waals surface area contributed by atoms with Crippen LogP contribution in [0.15, 0.2) is 12.1 Å². The maximum Gasteiger partial charge on any atom is 0.416 e. The van der Waals surface area contributed by atoms with Gasteiger partial charge in [0.25, 0.3) is 0 Å². The van der Waals surface area contributed by atoms with Gasteiger partial charge >= 0.3 is 6.18 Å². The van der Waals surface area contributed by atoms with Gasteiger partial charge in [-0.15, -0.1) is 0 Å². The first-order chi connectivity index (χ1) is 6.38. The van der Waals surface area contributed by atoms with Gasteiger partial charge in [0.15, 0.2) is 11.5 Å². The normalized spacial score (nSPS) is 11.7. The first-order valence-electron chi connectivity index (χ1n) is 3.99. The van der Waals surface area contributed by atoms with Crippen molar-refractivity contribution in [1.82, 2.24) is 0 Å². The lowest BCUT2D eigenvalue weighted by Crippen LogP contribution is -2.08. The quantitative estimate of drug-likeness (QED) is 0.693. The molecule has 0 heterocycles. The van der Waals surface area contributed by atoms with Crippen LogP contribution in [0.5, 0.6) is 11.5 Å². The number of hydrogen-bond acceptors (Lipinski definition) is 2.